The summed E-state index contributed by atoms with van der Waals surface area (Å²) in [6.07, 6.45) is -0.696. The number of carbonyl (C=O) groups excluding carboxylic acids is 2. The highest BCUT2D eigenvalue weighted by Gasteiger charge is 2.44. The molecule has 2 aliphatic rings. The lowest BCUT2D eigenvalue weighted by atomic mass is 10.2. The molecule has 1 aromatic rings. The quantitative estimate of drug-likeness (QED) is 0.729. The first-order valence-electron chi connectivity index (χ1n) is 8.48. The van der Waals surface area contributed by atoms with Crippen molar-refractivity contribution < 1.29 is 38.0 Å². The molecule has 0 amide bonds. The van der Waals surface area contributed by atoms with Crippen molar-refractivity contribution in [1.29, 1.82) is 0 Å². The second kappa shape index (κ2) is 7.42. The predicted octanol–water partition coefficient (Wildman–Crippen LogP) is 2.39. The molecule has 0 bridgehead atoms. The lowest BCUT2D eigenvalue weighted by Gasteiger charge is -2.22. The van der Waals surface area contributed by atoms with Crippen LogP contribution >= 0.6 is 11.3 Å². The number of hydrogen-bond donors (Lipinski definition) is 0. The zero-order valence-electron chi connectivity index (χ0n) is 15.2. The molecule has 0 saturated carbocycles. The Balaban J connectivity index is 1.95. The number of hydrogen-bond acceptors (Lipinski definition) is 9. The molecule has 1 fully saturated rings. The van der Waals surface area contributed by atoms with Gasteiger partial charge in [0.25, 0.3) is 0 Å². The summed E-state index contributed by atoms with van der Waals surface area (Å²) in [7, 11) is 0. The number of carbonyl (C=O) groups is 2. The molecule has 8 nitrogen and oxygen atoms in total. The zero-order chi connectivity index (χ0) is 18.9. The van der Waals surface area contributed by atoms with Crippen LogP contribution in [-0.2, 0) is 18.9 Å². The summed E-state index contributed by atoms with van der Waals surface area (Å²) in [5.74, 6) is -1.54. The fraction of sp³-hybridized carbons (Fsp3) is 0.647. The summed E-state index contributed by atoms with van der Waals surface area (Å²) in [5, 5.41) is 0. The Labute approximate surface area is 155 Å². The van der Waals surface area contributed by atoms with E-state index in [2.05, 4.69) is 0 Å². The third kappa shape index (κ3) is 3.65. The molecule has 3 heterocycles. The summed E-state index contributed by atoms with van der Waals surface area (Å²) < 4.78 is 33.4. The van der Waals surface area contributed by atoms with Crippen LogP contribution in [0.5, 0.6) is 11.5 Å². The molecular formula is C17H22O8S. The van der Waals surface area contributed by atoms with E-state index >= 15 is 0 Å². The molecule has 0 radical (unpaired) electrons. The molecule has 2 aliphatic heterocycles. The molecule has 144 valence electrons. The Morgan fingerprint density at radius 2 is 1.38 bits per heavy atom. The van der Waals surface area contributed by atoms with Crippen LogP contribution in [0.15, 0.2) is 0 Å². The van der Waals surface area contributed by atoms with Gasteiger partial charge in [0.15, 0.2) is 27.0 Å². The van der Waals surface area contributed by atoms with Gasteiger partial charge in [0, 0.05) is 0 Å². The van der Waals surface area contributed by atoms with E-state index < -0.39 is 17.7 Å². The summed E-state index contributed by atoms with van der Waals surface area (Å²) >= 11 is 0.937. The fourth-order valence-corrected chi connectivity index (χ4v) is 3.82. The highest BCUT2D eigenvalue weighted by Crippen LogP contribution is 2.45. The van der Waals surface area contributed by atoms with E-state index in [1.54, 1.807) is 27.7 Å². The van der Waals surface area contributed by atoms with Crippen LogP contribution in [-0.4, -0.2) is 56.4 Å². The van der Waals surface area contributed by atoms with Crippen LogP contribution in [0.25, 0.3) is 0 Å². The molecule has 1 aromatic heterocycles. The molecule has 0 N–H and O–H groups in total. The maximum absolute atomic E-state index is 12.3. The summed E-state index contributed by atoms with van der Waals surface area (Å²) in [6.45, 7) is 7.76. The molecule has 9 heteroatoms. The van der Waals surface area contributed by atoms with E-state index in [0.717, 1.165) is 11.3 Å². The first kappa shape index (κ1) is 18.9. The molecule has 2 atom stereocenters. The predicted molar refractivity (Wildman–Crippen MR) is 91.0 cm³/mol. The lowest BCUT2D eigenvalue weighted by Crippen LogP contribution is -2.35. The Kier molecular flexibility index (Phi) is 5.40. The minimum Gasteiger partial charge on any atom is -0.485 e. The van der Waals surface area contributed by atoms with Crippen molar-refractivity contribution >= 4 is 23.3 Å². The Morgan fingerprint density at radius 1 is 0.962 bits per heavy atom. The van der Waals surface area contributed by atoms with Crippen LogP contribution in [0.1, 0.15) is 47.0 Å². The van der Waals surface area contributed by atoms with Crippen LogP contribution < -0.4 is 9.47 Å². The van der Waals surface area contributed by atoms with Crippen molar-refractivity contribution in [1.82, 2.24) is 0 Å². The molecule has 0 aliphatic carbocycles. The third-order valence-electron chi connectivity index (χ3n) is 3.81. The normalized spacial score (nSPS) is 23.5. The maximum Gasteiger partial charge on any atom is 0.352 e. The molecule has 0 aromatic carbocycles. The smallest absolute Gasteiger partial charge is 0.352 e. The average Bonchev–Trinajstić information content (AvgIpc) is 3.06. The molecular weight excluding hydrogens is 364 g/mol. The van der Waals surface area contributed by atoms with Gasteiger partial charge in [-0.2, -0.15) is 0 Å². The van der Waals surface area contributed by atoms with Crippen molar-refractivity contribution in [3.63, 3.8) is 0 Å². The van der Waals surface area contributed by atoms with Crippen LogP contribution in [0.4, 0.5) is 0 Å². The average molecular weight is 386 g/mol. The van der Waals surface area contributed by atoms with Gasteiger partial charge in [-0.05, 0) is 27.7 Å². The van der Waals surface area contributed by atoms with Gasteiger partial charge in [0.1, 0.15) is 25.4 Å². The van der Waals surface area contributed by atoms with Gasteiger partial charge in [0.2, 0.25) is 0 Å². The number of thiophene rings is 1. The Bertz CT molecular complexity index is 641. The van der Waals surface area contributed by atoms with Gasteiger partial charge in [-0.1, -0.05) is 0 Å². The Morgan fingerprint density at radius 3 is 1.77 bits per heavy atom. The highest BCUT2D eigenvalue weighted by atomic mass is 32.1. The second-order valence-electron chi connectivity index (χ2n) is 6.19. The van der Waals surface area contributed by atoms with Crippen LogP contribution in [0.2, 0.25) is 0 Å². The largest absolute Gasteiger partial charge is 0.485 e. The zero-order valence-corrected chi connectivity index (χ0v) is 16.0. The standard InChI is InChI=1S/C17H22O8S/c1-5-20-15(18)13-11-12(14(26-13)16(19)21-6-2)23-8-10-9(7-22-11)24-17(3,4)25-10/h9-10H,5-8H2,1-4H3/t9-,10-/m1/s1. The minimum atomic E-state index is -0.757. The molecule has 26 heavy (non-hydrogen) atoms. The van der Waals surface area contributed by atoms with E-state index in [9.17, 15) is 9.59 Å². The van der Waals surface area contributed by atoms with Gasteiger partial charge < -0.3 is 28.4 Å². The van der Waals surface area contributed by atoms with Crippen molar-refractivity contribution in [2.75, 3.05) is 26.4 Å². The number of ether oxygens (including phenoxy) is 6. The van der Waals surface area contributed by atoms with Crippen LogP contribution in [0.3, 0.4) is 0 Å². The lowest BCUT2D eigenvalue weighted by molar-refractivity contribution is -0.149. The second-order valence-corrected chi connectivity index (χ2v) is 7.21. The van der Waals surface area contributed by atoms with E-state index in [-0.39, 0.29) is 59.9 Å². The minimum absolute atomic E-state index is 0.163. The molecule has 0 spiro atoms. The highest BCUT2D eigenvalue weighted by molar-refractivity contribution is 7.16. The monoisotopic (exact) mass is 386 g/mol. The van der Waals surface area contributed by atoms with E-state index in [4.69, 9.17) is 28.4 Å². The van der Waals surface area contributed by atoms with Crippen molar-refractivity contribution in [3.8, 4) is 11.5 Å². The Hall–Kier alpha value is -1.84. The number of rotatable bonds is 4. The first-order valence-corrected chi connectivity index (χ1v) is 9.30. The first-order chi connectivity index (χ1) is 12.4. The molecule has 1 saturated heterocycles. The molecule has 3 rings (SSSR count). The topological polar surface area (TPSA) is 89.5 Å². The van der Waals surface area contributed by atoms with Crippen molar-refractivity contribution in [3.05, 3.63) is 9.75 Å². The fourth-order valence-electron chi connectivity index (χ4n) is 2.85. The number of fused-ring (bicyclic) bond motifs is 2. The number of esters is 2. The van der Waals surface area contributed by atoms with Crippen molar-refractivity contribution in [2.45, 2.75) is 45.7 Å². The SMILES string of the molecule is CCOC(=O)c1sc(C(=O)OCC)c2c1OC[C@H]1OC(C)(C)O[C@@H]1CO2. The van der Waals surface area contributed by atoms with Gasteiger partial charge in [-0.3, -0.25) is 0 Å². The molecule has 0 unspecified atom stereocenters. The van der Waals surface area contributed by atoms with Crippen molar-refractivity contribution in [2.24, 2.45) is 0 Å². The van der Waals surface area contributed by atoms with Gasteiger partial charge in [0.05, 0.1) is 13.2 Å². The van der Waals surface area contributed by atoms with Gasteiger partial charge >= 0.3 is 11.9 Å². The summed E-state index contributed by atoms with van der Waals surface area (Å²) in [6, 6.07) is 0. The van der Waals surface area contributed by atoms with Crippen LogP contribution in [0, 0.1) is 0 Å². The maximum atomic E-state index is 12.3. The summed E-state index contributed by atoms with van der Waals surface area (Å²) in [5.41, 5.74) is 0. The van der Waals surface area contributed by atoms with E-state index in [1.165, 1.54) is 0 Å². The van der Waals surface area contributed by atoms with E-state index in [0.29, 0.717) is 0 Å². The van der Waals surface area contributed by atoms with E-state index in [1.807, 2.05) is 0 Å². The van der Waals surface area contributed by atoms with Gasteiger partial charge in [-0.25, -0.2) is 9.59 Å². The van der Waals surface area contributed by atoms with Gasteiger partial charge in [-0.15, -0.1) is 11.3 Å². The summed E-state index contributed by atoms with van der Waals surface area (Å²) in [4.78, 5) is 24.9. The third-order valence-corrected chi connectivity index (χ3v) is 4.93.